The van der Waals surface area contributed by atoms with Gasteiger partial charge in [-0.25, -0.2) is 4.79 Å². The topological polar surface area (TPSA) is 47.6 Å². The van der Waals surface area contributed by atoms with E-state index in [1.165, 1.54) is 18.2 Å². The van der Waals surface area contributed by atoms with Crippen LogP contribution in [0, 0.1) is 12.3 Å². The Kier molecular flexibility index (Phi) is 6.06. The van der Waals surface area contributed by atoms with E-state index in [0.29, 0.717) is 0 Å². The SMILES string of the molecule is C#CCNC(C(=O)OCC)c1ccccc1OC(F)(F)F. The van der Waals surface area contributed by atoms with Crippen LogP contribution in [0.1, 0.15) is 18.5 Å². The zero-order chi connectivity index (χ0) is 15.9. The highest BCUT2D eigenvalue weighted by Gasteiger charge is 2.34. The molecule has 0 heterocycles. The van der Waals surface area contributed by atoms with Gasteiger partial charge >= 0.3 is 12.3 Å². The van der Waals surface area contributed by atoms with Gasteiger partial charge in [0.05, 0.1) is 13.2 Å². The Morgan fingerprint density at radius 3 is 2.67 bits per heavy atom. The van der Waals surface area contributed by atoms with E-state index in [1.54, 1.807) is 6.92 Å². The number of hydrogen-bond donors (Lipinski definition) is 1. The summed E-state index contributed by atoms with van der Waals surface area (Å²) in [5.74, 6) is 1.04. The lowest BCUT2D eigenvalue weighted by Crippen LogP contribution is -2.31. The van der Waals surface area contributed by atoms with Crippen LogP contribution in [0.15, 0.2) is 24.3 Å². The van der Waals surface area contributed by atoms with Gasteiger partial charge in [0.1, 0.15) is 11.8 Å². The van der Waals surface area contributed by atoms with Crippen molar-refractivity contribution in [3.8, 4) is 18.1 Å². The average Bonchev–Trinajstić information content (AvgIpc) is 2.39. The van der Waals surface area contributed by atoms with E-state index in [1.807, 2.05) is 0 Å². The molecule has 0 bridgehead atoms. The third kappa shape index (κ3) is 5.36. The molecule has 1 rings (SSSR count). The lowest BCUT2D eigenvalue weighted by molar-refractivity contribution is -0.275. The summed E-state index contributed by atoms with van der Waals surface area (Å²) in [6, 6.07) is 4.18. The summed E-state index contributed by atoms with van der Waals surface area (Å²) in [4.78, 5) is 11.9. The van der Waals surface area contributed by atoms with E-state index >= 15 is 0 Å². The third-order valence-electron chi connectivity index (χ3n) is 2.39. The van der Waals surface area contributed by atoms with Gasteiger partial charge in [0.15, 0.2) is 0 Å². The predicted octanol–water partition coefficient (Wildman–Crippen LogP) is 2.41. The van der Waals surface area contributed by atoms with Gasteiger partial charge in [-0.2, -0.15) is 0 Å². The zero-order valence-corrected chi connectivity index (χ0v) is 11.2. The van der Waals surface area contributed by atoms with Crippen LogP contribution in [-0.2, 0) is 9.53 Å². The predicted molar refractivity (Wildman–Crippen MR) is 69.3 cm³/mol. The summed E-state index contributed by atoms with van der Waals surface area (Å²) < 4.78 is 45.9. The first-order valence-electron chi connectivity index (χ1n) is 6.07. The number of carbonyl (C=O) groups excluding carboxylic acids is 1. The molecular formula is C14H14F3NO3. The molecule has 0 saturated heterocycles. The molecule has 0 saturated carbocycles. The molecule has 1 aromatic carbocycles. The Labute approximate surface area is 120 Å². The molecule has 0 spiro atoms. The largest absolute Gasteiger partial charge is 0.573 e. The monoisotopic (exact) mass is 301 g/mol. The summed E-state index contributed by atoms with van der Waals surface area (Å²) in [5, 5.41) is 2.64. The number of benzene rings is 1. The Hall–Kier alpha value is -2.20. The van der Waals surface area contributed by atoms with Gasteiger partial charge in [-0.05, 0) is 13.0 Å². The molecule has 0 amide bonds. The number of esters is 1. The standard InChI is InChI=1S/C14H14F3NO3/c1-3-9-18-12(13(19)20-4-2)10-7-5-6-8-11(10)21-14(15,16)17/h1,5-8,12,18H,4,9H2,2H3. The van der Waals surface area contributed by atoms with Gasteiger partial charge in [0.25, 0.3) is 0 Å². The molecule has 0 fully saturated rings. The first kappa shape index (κ1) is 16.9. The second-order valence-corrected chi connectivity index (χ2v) is 3.86. The number of hydrogen-bond acceptors (Lipinski definition) is 4. The number of terminal acetylenes is 1. The molecule has 114 valence electrons. The van der Waals surface area contributed by atoms with Crippen LogP contribution in [0.5, 0.6) is 5.75 Å². The highest BCUT2D eigenvalue weighted by atomic mass is 19.4. The average molecular weight is 301 g/mol. The molecule has 0 aliphatic heterocycles. The number of ether oxygens (including phenoxy) is 2. The normalized spacial score (nSPS) is 12.3. The fraction of sp³-hybridized carbons (Fsp3) is 0.357. The fourth-order valence-corrected chi connectivity index (χ4v) is 1.64. The van der Waals surface area contributed by atoms with Crippen molar-refractivity contribution in [3.63, 3.8) is 0 Å². The Bertz CT molecular complexity index is 523. The van der Waals surface area contributed by atoms with E-state index in [4.69, 9.17) is 11.2 Å². The van der Waals surface area contributed by atoms with Crippen LogP contribution in [0.3, 0.4) is 0 Å². The van der Waals surface area contributed by atoms with Crippen molar-refractivity contribution in [3.05, 3.63) is 29.8 Å². The van der Waals surface area contributed by atoms with Crippen LogP contribution in [0.25, 0.3) is 0 Å². The van der Waals surface area contributed by atoms with Crippen LogP contribution < -0.4 is 10.1 Å². The molecule has 0 aliphatic carbocycles. The second-order valence-electron chi connectivity index (χ2n) is 3.86. The van der Waals surface area contributed by atoms with E-state index in [-0.39, 0.29) is 18.7 Å². The lowest BCUT2D eigenvalue weighted by Gasteiger charge is -2.20. The highest BCUT2D eigenvalue weighted by Crippen LogP contribution is 2.30. The van der Waals surface area contributed by atoms with Crippen molar-refractivity contribution in [1.82, 2.24) is 5.32 Å². The smallest absolute Gasteiger partial charge is 0.465 e. The van der Waals surface area contributed by atoms with Gasteiger partial charge in [-0.15, -0.1) is 19.6 Å². The van der Waals surface area contributed by atoms with Gasteiger partial charge in [0, 0.05) is 5.56 Å². The molecule has 1 aromatic rings. The van der Waals surface area contributed by atoms with Gasteiger partial charge < -0.3 is 9.47 Å². The zero-order valence-electron chi connectivity index (χ0n) is 11.2. The molecule has 0 aromatic heterocycles. The molecule has 1 N–H and O–H groups in total. The lowest BCUT2D eigenvalue weighted by atomic mass is 10.1. The summed E-state index contributed by atoms with van der Waals surface area (Å²) in [7, 11) is 0. The number of para-hydroxylation sites is 1. The van der Waals surface area contributed by atoms with Crippen molar-refractivity contribution < 1.29 is 27.4 Å². The Morgan fingerprint density at radius 1 is 1.43 bits per heavy atom. The second kappa shape index (κ2) is 7.55. The van der Waals surface area contributed by atoms with Crippen LogP contribution in [-0.4, -0.2) is 25.5 Å². The molecule has 21 heavy (non-hydrogen) atoms. The van der Waals surface area contributed by atoms with E-state index in [2.05, 4.69) is 16.0 Å². The Morgan fingerprint density at radius 2 is 2.10 bits per heavy atom. The minimum absolute atomic E-state index is 0.00326. The van der Waals surface area contributed by atoms with E-state index in [0.717, 1.165) is 6.07 Å². The van der Waals surface area contributed by atoms with E-state index in [9.17, 15) is 18.0 Å². The summed E-state index contributed by atoms with van der Waals surface area (Å²) >= 11 is 0. The van der Waals surface area contributed by atoms with E-state index < -0.39 is 24.1 Å². The summed E-state index contributed by atoms with van der Waals surface area (Å²) in [6.07, 6.45) is 0.233. The highest BCUT2D eigenvalue weighted by molar-refractivity contribution is 5.78. The maximum Gasteiger partial charge on any atom is 0.573 e. The van der Waals surface area contributed by atoms with Crippen LogP contribution >= 0.6 is 0 Å². The van der Waals surface area contributed by atoms with Crippen LogP contribution in [0.4, 0.5) is 13.2 Å². The number of nitrogens with one attached hydrogen (secondary N) is 1. The number of halogens is 3. The minimum atomic E-state index is -4.86. The first-order chi connectivity index (χ1) is 9.89. The third-order valence-corrected chi connectivity index (χ3v) is 2.39. The molecule has 1 unspecified atom stereocenters. The number of rotatable bonds is 6. The fourth-order valence-electron chi connectivity index (χ4n) is 1.64. The van der Waals surface area contributed by atoms with Gasteiger partial charge in [0.2, 0.25) is 0 Å². The minimum Gasteiger partial charge on any atom is -0.465 e. The van der Waals surface area contributed by atoms with Crippen molar-refractivity contribution in [2.45, 2.75) is 19.3 Å². The number of alkyl halides is 3. The van der Waals surface area contributed by atoms with Crippen molar-refractivity contribution in [1.29, 1.82) is 0 Å². The number of carbonyl (C=O) groups is 1. The molecule has 0 radical (unpaired) electrons. The maximum absolute atomic E-state index is 12.4. The molecular weight excluding hydrogens is 287 g/mol. The molecule has 4 nitrogen and oxygen atoms in total. The van der Waals surface area contributed by atoms with Crippen molar-refractivity contribution in [2.24, 2.45) is 0 Å². The van der Waals surface area contributed by atoms with Crippen molar-refractivity contribution >= 4 is 5.97 Å². The molecule has 1 atom stereocenters. The molecule has 0 aliphatic rings. The van der Waals surface area contributed by atoms with Gasteiger partial charge in [-0.3, -0.25) is 5.32 Å². The first-order valence-corrected chi connectivity index (χ1v) is 6.07. The Balaban J connectivity index is 3.12. The van der Waals surface area contributed by atoms with Crippen molar-refractivity contribution in [2.75, 3.05) is 13.2 Å². The van der Waals surface area contributed by atoms with Gasteiger partial charge in [-0.1, -0.05) is 24.1 Å². The summed E-state index contributed by atoms with van der Waals surface area (Å²) in [5.41, 5.74) is 0.00326. The quantitative estimate of drug-likeness (QED) is 0.647. The van der Waals surface area contributed by atoms with Crippen LogP contribution in [0.2, 0.25) is 0 Å². The summed E-state index contributed by atoms with van der Waals surface area (Å²) in [6.45, 7) is 1.67. The molecule has 7 heteroatoms. The maximum atomic E-state index is 12.4.